The number of aromatic nitrogens is 1. The SMILES string of the molecule is Cc1ccc(/C=C/C(=O)OCC(=O)N(C)[C@@H](C)c2nc3ccccc3s2)cc1. The van der Waals surface area contributed by atoms with Crippen LogP contribution in [0.5, 0.6) is 0 Å². The van der Waals surface area contributed by atoms with Crippen molar-refractivity contribution in [3.05, 3.63) is 70.7 Å². The van der Waals surface area contributed by atoms with Gasteiger partial charge in [0.2, 0.25) is 0 Å². The predicted octanol–water partition coefficient (Wildman–Crippen LogP) is 4.38. The fourth-order valence-corrected chi connectivity index (χ4v) is 3.64. The van der Waals surface area contributed by atoms with Gasteiger partial charge in [-0.1, -0.05) is 42.0 Å². The van der Waals surface area contributed by atoms with Crippen LogP contribution in [0, 0.1) is 6.92 Å². The number of para-hydroxylation sites is 1. The summed E-state index contributed by atoms with van der Waals surface area (Å²) in [4.78, 5) is 30.4. The number of carbonyl (C=O) groups is 2. The van der Waals surface area contributed by atoms with Gasteiger partial charge in [-0.3, -0.25) is 4.79 Å². The van der Waals surface area contributed by atoms with Crippen molar-refractivity contribution in [2.45, 2.75) is 19.9 Å². The lowest BCUT2D eigenvalue weighted by Gasteiger charge is -2.22. The third-order valence-corrected chi connectivity index (χ3v) is 5.68. The number of thiazole rings is 1. The summed E-state index contributed by atoms with van der Waals surface area (Å²) in [6, 6.07) is 15.4. The molecule has 5 nitrogen and oxygen atoms in total. The number of nitrogens with zero attached hydrogens (tertiary/aromatic N) is 2. The molecule has 0 unspecified atom stereocenters. The second-order valence-electron chi connectivity index (χ2n) is 6.55. The summed E-state index contributed by atoms with van der Waals surface area (Å²) in [5, 5.41) is 0.850. The van der Waals surface area contributed by atoms with Gasteiger partial charge in [0.25, 0.3) is 5.91 Å². The van der Waals surface area contributed by atoms with Gasteiger partial charge in [-0.05, 0) is 37.6 Å². The Balaban J connectivity index is 1.54. The zero-order chi connectivity index (χ0) is 20.1. The number of carbonyl (C=O) groups excluding carboxylic acids is 2. The number of ether oxygens (including phenoxy) is 1. The van der Waals surface area contributed by atoms with E-state index in [9.17, 15) is 9.59 Å². The maximum atomic E-state index is 12.4. The highest BCUT2D eigenvalue weighted by molar-refractivity contribution is 7.18. The van der Waals surface area contributed by atoms with E-state index in [2.05, 4.69) is 4.98 Å². The van der Waals surface area contributed by atoms with Crippen LogP contribution in [-0.4, -0.2) is 35.4 Å². The number of hydrogen-bond donors (Lipinski definition) is 0. The van der Waals surface area contributed by atoms with E-state index in [-0.39, 0.29) is 18.6 Å². The molecule has 1 amide bonds. The third kappa shape index (κ3) is 4.84. The first kappa shape index (κ1) is 19.8. The molecular formula is C22H22N2O3S. The molecular weight excluding hydrogens is 372 g/mol. The molecule has 28 heavy (non-hydrogen) atoms. The molecule has 2 aromatic carbocycles. The summed E-state index contributed by atoms with van der Waals surface area (Å²) in [6.07, 6.45) is 2.99. The summed E-state index contributed by atoms with van der Waals surface area (Å²) in [5.74, 6) is -0.821. The minimum Gasteiger partial charge on any atom is -0.452 e. The zero-order valence-electron chi connectivity index (χ0n) is 16.1. The van der Waals surface area contributed by atoms with Crippen LogP contribution < -0.4 is 0 Å². The molecule has 144 valence electrons. The summed E-state index contributed by atoms with van der Waals surface area (Å²) >= 11 is 1.56. The first-order valence-electron chi connectivity index (χ1n) is 8.96. The number of aryl methyl sites for hydroxylation is 1. The number of amides is 1. The van der Waals surface area contributed by atoms with Crippen molar-refractivity contribution in [2.24, 2.45) is 0 Å². The number of likely N-dealkylation sites (N-methyl/N-ethyl adjacent to an activating group) is 1. The Bertz CT molecular complexity index is 975. The second-order valence-corrected chi connectivity index (χ2v) is 7.61. The van der Waals surface area contributed by atoms with Crippen molar-refractivity contribution in [1.29, 1.82) is 0 Å². The van der Waals surface area contributed by atoms with Gasteiger partial charge in [0.15, 0.2) is 6.61 Å². The Hall–Kier alpha value is -2.99. The molecule has 0 aliphatic carbocycles. The van der Waals surface area contributed by atoms with Gasteiger partial charge in [0.1, 0.15) is 5.01 Å². The van der Waals surface area contributed by atoms with E-state index in [1.807, 2.05) is 62.4 Å². The van der Waals surface area contributed by atoms with Gasteiger partial charge >= 0.3 is 5.97 Å². The molecule has 0 saturated heterocycles. The monoisotopic (exact) mass is 394 g/mol. The highest BCUT2D eigenvalue weighted by atomic mass is 32.1. The molecule has 0 bridgehead atoms. The number of esters is 1. The molecule has 0 N–H and O–H groups in total. The fourth-order valence-electron chi connectivity index (χ4n) is 2.58. The number of hydrogen-bond acceptors (Lipinski definition) is 5. The van der Waals surface area contributed by atoms with Gasteiger partial charge < -0.3 is 9.64 Å². The van der Waals surface area contributed by atoms with E-state index in [1.54, 1.807) is 29.4 Å². The Morgan fingerprint density at radius 2 is 1.89 bits per heavy atom. The maximum absolute atomic E-state index is 12.4. The van der Waals surface area contributed by atoms with Crippen molar-refractivity contribution in [2.75, 3.05) is 13.7 Å². The van der Waals surface area contributed by atoms with Crippen molar-refractivity contribution in [3.63, 3.8) is 0 Å². The van der Waals surface area contributed by atoms with E-state index in [4.69, 9.17) is 4.74 Å². The van der Waals surface area contributed by atoms with Crippen LogP contribution in [0.15, 0.2) is 54.6 Å². The standard InChI is InChI=1S/C22H22N2O3S/c1-15-8-10-17(11-9-15)12-13-21(26)27-14-20(25)24(3)16(2)22-23-18-6-4-5-7-19(18)28-22/h4-13,16H,14H2,1-3H3/b13-12+/t16-/m0/s1. The van der Waals surface area contributed by atoms with Crippen LogP contribution in [0.2, 0.25) is 0 Å². The molecule has 1 aromatic heterocycles. The molecule has 0 saturated carbocycles. The quantitative estimate of drug-likeness (QED) is 0.460. The topological polar surface area (TPSA) is 59.5 Å². The minimum atomic E-state index is -0.546. The summed E-state index contributed by atoms with van der Waals surface area (Å²) < 4.78 is 6.16. The Labute approximate surface area is 168 Å². The van der Waals surface area contributed by atoms with Crippen LogP contribution in [0.1, 0.15) is 29.1 Å². The molecule has 1 atom stereocenters. The number of rotatable bonds is 6. The van der Waals surface area contributed by atoms with E-state index in [0.29, 0.717) is 0 Å². The molecule has 1 heterocycles. The van der Waals surface area contributed by atoms with Crippen molar-refractivity contribution < 1.29 is 14.3 Å². The average molecular weight is 394 g/mol. The Morgan fingerprint density at radius 1 is 1.18 bits per heavy atom. The summed E-state index contributed by atoms with van der Waals surface area (Å²) in [5.41, 5.74) is 2.97. The van der Waals surface area contributed by atoms with E-state index < -0.39 is 5.97 Å². The lowest BCUT2D eigenvalue weighted by atomic mass is 10.1. The molecule has 3 aromatic rings. The van der Waals surface area contributed by atoms with Crippen LogP contribution in [0.25, 0.3) is 16.3 Å². The molecule has 6 heteroatoms. The largest absolute Gasteiger partial charge is 0.452 e. The van der Waals surface area contributed by atoms with Gasteiger partial charge in [-0.15, -0.1) is 11.3 Å². The van der Waals surface area contributed by atoms with Gasteiger partial charge in [0.05, 0.1) is 16.3 Å². The van der Waals surface area contributed by atoms with Gasteiger partial charge in [-0.2, -0.15) is 0 Å². The van der Waals surface area contributed by atoms with E-state index in [1.165, 1.54) is 6.08 Å². The highest BCUT2D eigenvalue weighted by Crippen LogP contribution is 2.28. The second kappa shape index (κ2) is 8.80. The molecule has 0 aliphatic heterocycles. The lowest BCUT2D eigenvalue weighted by molar-refractivity contribution is -0.148. The average Bonchev–Trinajstić information content (AvgIpc) is 3.14. The first-order valence-corrected chi connectivity index (χ1v) is 9.78. The van der Waals surface area contributed by atoms with E-state index in [0.717, 1.165) is 26.4 Å². The zero-order valence-corrected chi connectivity index (χ0v) is 16.9. The maximum Gasteiger partial charge on any atom is 0.331 e. The highest BCUT2D eigenvalue weighted by Gasteiger charge is 2.21. The molecule has 0 aliphatic rings. The number of benzene rings is 2. The van der Waals surface area contributed by atoms with Gasteiger partial charge in [-0.25, -0.2) is 9.78 Å². The van der Waals surface area contributed by atoms with Crippen LogP contribution in [0.3, 0.4) is 0 Å². The third-order valence-electron chi connectivity index (χ3n) is 4.47. The van der Waals surface area contributed by atoms with Gasteiger partial charge in [0, 0.05) is 13.1 Å². The molecule has 0 fully saturated rings. The molecule has 0 spiro atoms. The normalized spacial score (nSPS) is 12.2. The lowest BCUT2D eigenvalue weighted by Crippen LogP contribution is -2.33. The number of fused-ring (bicyclic) bond motifs is 1. The fraction of sp³-hybridized carbons (Fsp3) is 0.227. The summed E-state index contributed by atoms with van der Waals surface area (Å²) in [6.45, 7) is 3.61. The van der Waals surface area contributed by atoms with Crippen molar-refractivity contribution in [1.82, 2.24) is 9.88 Å². The first-order chi connectivity index (χ1) is 13.4. The Morgan fingerprint density at radius 3 is 2.61 bits per heavy atom. The van der Waals surface area contributed by atoms with Crippen molar-refractivity contribution in [3.8, 4) is 0 Å². The Kier molecular flexibility index (Phi) is 6.21. The van der Waals surface area contributed by atoms with Crippen LogP contribution >= 0.6 is 11.3 Å². The smallest absolute Gasteiger partial charge is 0.331 e. The van der Waals surface area contributed by atoms with Crippen molar-refractivity contribution >= 4 is 39.5 Å². The van der Waals surface area contributed by atoms with E-state index >= 15 is 0 Å². The summed E-state index contributed by atoms with van der Waals surface area (Å²) in [7, 11) is 1.69. The molecule has 0 radical (unpaired) electrons. The predicted molar refractivity (Wildman–Crippen MR) is 112 cm³/mol. The minimum absolute atomic E-state index is 0.202. The van der Waals surface area contributed by atoms with Crippen LogP contribution in [-0.2, 0) is 14.3 Å². The molecule has 3 rings (SSSR count). The van der Waals surface area contributed by atoms with Crippen LogP contribution in [0.4, 0.5) is 0 Å².